The standard InChI is InChI=1S/C29H26FN3O4S/c30-23-10-6-22(7-11-23)20-37-25-12-8-21(9-13-25)18-26-28(35)33(29(36)38-26)19-27(34)32-16-14-31(15-17-32)24-4-2-1-3-5-24/h1-13,18H,14-17,19-20H2/b26-18+. The van der Waals surface area contributed by atoms with Gasteiger partial charge in [0.2, 0.25) is 5.91 Å². The summed E-state index contributed by atoms with van der Waals surface area (Å²) in [6, 6.07) is 23.2. The second-order valence-electron chi connectivity index (χ2n) is 8.96. The molecule has 0 radical (unpaired) electrons. The molecule has 0 atom stereocenters. The Labute approximate surface area is 224 Å². The average Bonchev–Trinajstić information content (AvgIpc) is 3.21. The third kappa shape index (κ3) is 6.06. The highest BCUT2D eigenvalue weighted by Gasteiger charge is 2.37. The zero-order chi connectivity index (χ0) is 26.5. The highest BCUT2D eigenvalue weighted by atomic mass is 32.2. The summed E-state index contributed by atoms with van der Waals surface area (Å²) >= 11 is 0.834. The van der Waals surface area contributed by atoms with Crippen LogP contribution in [0.2, 0.25) is 0 Å². The van der Waals surface area contributed by atoms with Crippen LogP contribution in [0.3, 0.4) is 0 Å². The second kappa shape index (κ2) is 11.5. The van der Waals surface area contributed by atoms with Gasteiger partial charge in [-0.1, -0.05) is 42.5 Å². The summed E-state index contributed by atoms with van der Waals surface area (Å²) in [6.45, 7) is 2.50. The summed E-state index contributed by atoms with van der Waals surface area (Å²) in [5, 5.41) is -0.447. The van der Waals surface area contributed by atoms with Crippen molar-refractivity contribution in [2.24, 2.45) is 0 Å². The first-order chi connectivity index (χ1) is 18.5. The van der Waals surface area contributed by atoms with Crippen LogP contribution in [-0.4, -0.2) is 59.6 Å². The summed E-state index contributed by atoms with van der Waals surface area (Å²) in [7, 11) is 0. The van der Waals surface area contributed by atoms with E-state index in [1.807, 2.05) is 30.3 Å². The molecule has 0 unspecified atom stereocenters. The molecule has 7 nitrogen and oxygen atoms in total. The number of imide groups is 1. The largest absolute Gasteiger partial charge is 0.489 e. The predicted molar refractivity (Wildman–Crippen MR) is 145 cm³/mol. The van der Waals surface area contributed by atoms with Crippen molar-refractivity contribution >= 4 is 40.6 Å². The van der Waals surface area contributed by atoms with E-state index in [1.165, 1.54) is 12.1 Å². The second-order valence-corrected chi connectivity index (χ2v) is 9.95. The van der Waals surface area contributed by atoms with Gasteiger partial charge in [0.05, 0.1) is 4.91 Å². The lowest BCUT2D eigenvalue weighted by atomic mass is 10.2. The van der Waals surface area contributed by atoms with Gasteiger partial charge in [-0.3, -0.25) is 19.3 Å². The lowest BCUT2D eigenvalue weighted by Crippen LogP contribution is -2.51. The van der Waals surface area contributed by atoms with Crippen molar-refractivity contribution in [3.63, 3.8) is 0 Å². The van der Waals surface area contributed by atoms with Gasteiger partial charge in [0.25, 0.3) is 11.1 Å². The van der Waals surface area contributed by atoms with Gasteiger partial charge in [-0.15, -0.1) is 0 Å². The number of hydrogen-bond acceptors (Lipinski definition) is 6. The maximum Gasteiger partial charge on any atom is 0.294 e. The zero-order valence-electron chi connectivity index (χ0n) is 20.6. The number of ether oxygens (including phenoxy) is 1. The first kappa shape index (κ1) is 25.5. The maximum atomic E-state index is 13.0. The van der Waals surface area contributed by atoms with E-state index in [4.69, 9.17) is 4.74 Å². The van der Waals surface area contributed by atoms with Gasteiger partial charge in [0.15, 0.2) is 0 Å². The Hall–Kier alpha value is -4.11. The monoisotopic (exact) mass is 531 g/mol. The summed E-state index contributed by atoms with van der Waals surface area (Å²) in [4.78, 5) is 43.5. The van der Waals surface area contributed by atoms with Crippen LogP contribution in [0.15, 0.2) is 83.8 Å². The third-order valence-electron chi connectivity index (χ3n) is 6.42. The molecule has 5 rings (SSSR count). The van der Waals surface area contributed by atoms with E-state index in [0.29, 0.717) is 38.5 Å². The van der Waals surface area contributed by atoms with Crippen LogP contribution in [0.1, 0.15) is 11.1 Å². The minimum absolute atomic E-state index is 0.232. The van der Waals surface area contributed by atoms with Gasteiger partial charge in [-0.2, -0.15) is 0 Å². The number of para-hydroxylation sites is 1. The van der Waals surface area contributed by atoms with Crippen molar-refractivity contribution in [1.29, 1.82) is 0 Å². The van der Waals surface area contributed by atoms with E-state index in [9.17, 15) is 18.8 Å². The lowest BCUT2D eigenvalue weighted by molar-refractivity contribution is -0.136. The van der Waals surface area contributed by atoms with Crippen LogP contribution >= 0.6 is 11.8 Å². The number of hydrogen-bond donors (Lipinski definition) is 0. The van der Waals surface area contributed by atoms with Crippen LogP contribution in [0, 0.1) is 5.82 Å². The Kier molecular flexibility index (Phi) is 7.74. The Morgan fingerprint density at radius 2 is 1.58 bits per heavy atom. The molecule has 2 saturated heterocycles. The molecule has 0 aliphatic carbocycles. The van der Waals surface area contributed by atoms with Crippen LogP contribution in [0.5, 0.6) is 5.75 Å². The highest BCUT2D eigenvalue weighted by molar-refractivity contribution is 8.18. The third-order valence-corrected chi connectivity index (χ3v) is 7.32. The van der Waals surface area contributed by atoms with E-state index in [0.717, 1.165) is 33.5 Å². The fourth-order valence-corrected chi connectivity index (χ4v) is 5.12. The lowest BCUT2D eigenvalue weighted by Gasteiger charge is -2.36. The SMILES string of the molecule is O=C(CN1C(=O)S/C(=C/c2ccc(OCc3ccc(F)cc3)cc2)C1=O)N1CCN(c2ccccc2)CC1. The van der Waals surface area contributed by atoms with E-state index in [-0.39, 0.29) is 23.2 Å². The number of benzene rings is 3. The minimum atomic E-state index is -0.465. The molecule has 3 amide bonds. The van der Waals surface area contributed by atoms with Crippen molar-refractivity contribution in [3.8, 4) is 5.75 Å². The van der Waals surface area contributed by atoms with Crippen molar-refractivity contribution in [1.82, 2.24) is 9.80 Å². The van der Waals surface area contributed by atoms with E-state index >= 15 is 0 Å². The van der Waals surface area contributed by atoms with Gasteiger partial charge in [-0.25, -0.2) is 4.39 Å². The molecule has 9 heteroatoms. The van der Waals surface area contributed by atoms with Crippen molar-refractivity contribution in [2.45, 2.75) is 6.61 Å². The number of thioether (sulfide) groups is 1. The zero-order valence-corrected chi connectivity index (χ0v) is 21.4. The van der Waals surface area contributed by atoms with E-state index in [1.54, 1.807) is 47.4 Å². The molecule has 3 aromatic carbocycles. The fourth-order valence-electron chi connectivity index (χ4n) is 4.28. The molecule has 0 N–H and O–H groups in total. The normalized spacial score (nSPS) is 16.9. The predicted octanol–water partition coefficient (Wildman–Crippen LogP) is 4.79. The van der Waals surface area contributed by atoms with Gasteiger partial charge in [-0.05, 0) is 65.4 Å². The van der Waals surface area contributed by atoms with Crippen LogP contribution in [0.4, 0.5) is 14.9 Å². The average molecular weight is 532 g/mol. The molecule has 0 aromatic heterocycles. The van der Waals surface area contributed by atoms with Crippen LogP contribution < -0.4 is 9.64 Å². The molecule has 0 bridgehead atoms. The molecule has 2 aliphatic rings. The summed E-state index contributed by atoms with van der Waals surface area (Å²) in [5.74, 6) is -0.372. The Bertz CT molecular complexity index is 1340. The quantitative estimate of drug-likeness (QED) is 0.409. The number of piperazine rings is 1. The molecule has 0 spiro atoms. The van der Waals surface area contributed by atoms with Gasteiger partial charge < -0.3 is 14.5 Å². The summed E-state index contributed by atoms with van der Waals surface area (Å²) < 4.78 is 18.8. The van der Waals surface area contributed by atoms with E-state index in [2.05, 4.69) is 4.90 Å². The van der Waals surface area contributed by atoms with Crippen LogP contribution in [0.25, 0.3) is 6.08 Å². The molecule has 0 saturated carbocycles. The van der Waals surface area contributed by atoms with Crippen molar-refractivity contribution < 1.29 is 23.5 Å². The van der Waals surface area contributed by atoms with Crippen LogP contribution in [-0.2, 0) is 16.2 Å². The van der Waals surface area contributed by atoms with E-state index < -0.39 is 11.1 Å². The summed E-state index contributed by atoms with van der Waals surface area (Å²) in [6.07, 6.45) is 1.64. The molecule has 38 heavy (non-hydrogen) atoms. The smallest absolute Gasteiger partial charge is 0.294 e. The van der Waals surface area contributed by atoms with Crippen molar-refractivity contribution in [2.75, 3.05) is 37.6 Å². The number of nitrogens with zero attached hydrogens (tertiary/aromatic N) is 3. The fraction of sp³-hybridized carbons (Fsp3) is 0.207. The first-order valence-corrected chi connectivity index (χ1v) is 13.1. The number of anilines is 1. The summed E-state index contributed by atoms with van der Waals surface area (Å²) in [5.41, 5.74) is 2.69. The van der Waals surface area contributed by atoms with Gasteiger partial charge in [0, 0.05) is 31.9 Å². The van der Waals surface area contributed by atoms with Gasteiger partial charge >= 0.3 is 0 Å². The Morgan fingerprint density at radius 1 is 0.895 bits per heavy atom. The molecular formula is C29H26FN3O4S. The number of rotatable bonds is 7. The first-order valence-electron chi connectivity index (χ1n) is 12.3. The Morgan fingerprint density at radius 3 is 2.26 bits per heavy atom. The van der Waals surface area contributed by atoms with Crippen molar-refractivity contribution in [3.05, 3.63) is 101 Å². The molecular weight excluding hydrogens is 505 g/mol. The topological polar surface area (TPSA) is 70.2 Å². The number of carbonyl (C=O) groups is 3. The molecule has 2 heterocycles. The maximum absolute atomic E-state index is 13.0. The molecule has 3 aromatic rings. The number of amides is 3. The highest BCUT2D eigenvalue weighted by Crippen LogP contribution is 2.32. The molecule has 2 fully saturated rings. The minimum Gasteiger partial charge on any atom is -0.489 e. The number of carbonyl (C=O) groups excluding carboxylic acids is 3. The number of halogens is 1. The van der Waals surface area contributed by atoms with Gasteiger partial charge in [0.1, 0.15) is 24.7 Å². The molecule has 2 aliphatic heterocycles. The Balaban J connectivity index is 1.14. The molecule has 194 valence electrons.